The molecule has 0 bridgehead atoms. The molecule has 6 heteroatoms. The summed E-state index contributed by atoms with van der Waals surface area (Å²) >= 11 is 0. The van der Waals surface area contributed by atoms with Crippen molar-refractivity contribution in [2.45, 2.75) is 39.4 Å². The van der Waals surface area contributed by atoms with Gasteiger partial charge in [-0.2, -0.15) is 13.2 Å². The first-order valence-corrected chi connectivity index (χ1v) is 6.29. The third-order valence-corrected chi connectivity index (χ3v) is 2.55. The Labute approximate surface area is 111 Å². The van der Waals surface area contributed by atoms with E-state index < -0.39 is 19.2 Å². The molecule has 0 aliphatic heterocycles. The zero-order valence-corrected chi connectivity index (χ0v) is 11.2. The molecular formula is C13H19F3N2O. The Balaban J connectivity index is 2.47. The quantitative estimate of drug-likeness (QED) is 0.776. The molecule has 108 valence electrons. The fourth-order valence-corrected chi connectivity index (χ4v) is 1.51. The Hall–Kier alpha value is -1.30. The smallest absolute Gasteiger partial charge is 0.392 e. The summed E-state index contributed by atoms with van der Waals surface area (Å²) in [5.41, 5.74) is 1.80. The largest absolute Gasteiger partial charge is 0.477 e. The molecular weight excluding hydrogens is 257 g/mol. The van der Waals surface area contributed by atoms with E-state index in [0.29, 0.717) is 6.54 Å². The molecule has 0 spiro atoms. The lowest BCUT2D eigenvalue weighted by atomic mass is 10.2. The monoisotopic (exact) mass is 276 g/mol. The average molecular weight is 276 g/mol. The molecule has 1 aromatic heterocycles. The van der Waals surface area contributed by atoms with Crippen LogP contribution in [0.15, 0.2) is 12.1 Å². The van der Waals surface area contributed by atoms with Crippen molar-refractivity contribution < 1.29 is 17.9 Å². The molecule has 0 unspecified atom stereocenters. The van der Waals surface area contributed by atoms with Crippen molar-refractivity contribution in [1.82, 2.24) is 10.3 Å². The molecule has 1 aromatic rings. The number of hydrogen-bond donors (Lipinski definition) is 1. The second-order valence-electron chi connectivity index (χ2n) is 4.28. The summed E-state index contributed by atoms with van der Waals surface area (Å²) in [6.07, 6.45) is -4.11. The molecule has 0 aromatic carbocycles. The van der Waals surface area contributed by atoms with Crippen LogP contribution in [0, 0.1) is 6.92 Å². The summed E-state index contributed by atoms with van der Waals surface area (Å²) < 4.78 is 40.9. The van der Waals surface area contributed by atoms with E-state index in [1.165, 1.54) is 0 Å². The van der Waals surface area contributed by atoms with Gasteiger partial charge in [-0.05, 0) is 25.5 Å². The summed E-state index contributed by atoms with van der Waals surface area (Å²) in [6, 6.07) is 3.43. The number of halogens is 3. The second kappa shape index (κ2) is 7.33. The third-order valence-electron chi connectivity index (χ3n) is 2.55. The predicted octanol–water partition coefficient (Wildman–Crippen LogP) is 3.22. The van der Waals surface area contributed by atoms with Gasteiger partial charge >= 0.3 is 6.18 Å². The lowest BCUT2D eigenvalue weighted by molar-refractivity contribution is -0.139. The second-order valence-corrected chi connectivity index (χ2v) is 4.28. The lowest BCUT2D eigenvalue weighted by Gasteiger charge is -2.10. The highest BCUT2D eigenvalue weighted by Crippen LogP contribution is 2.20. The number of aryl methyl sites for hydroxylation is 1. The van der Waals surface area contributed by atoms with Crippen molar-refractivity contribution in [3.63, 3.8) is 0 Å². The number of rotatable bonds is 7. The van der Waals surface area contributed by atoms with E-state index in [9.17, 15) is 13.2 Å². The van der Waals surface area contributed by atoms with Crippen LogP contribution in [-0.2, 0) is 6.54 Å². The Morgan fingerprint density at radius 1 is 1.32 bits per heavy atom. The highest BCUT2D eigenvalue weighted by atomic mass is 19.4. The highest BCUT2D eigenvalue weighted by Gasteiger charge is 2.26. The number of alkyl halides is 3. The van der Waals surface area contributed by atoms with Crippen LogP contribution >= 0.6 is 0 Å². The molecule has 3 nitrogen and oxygen atoms in total. The summed E-state index contributed by atoms with van der Waals surface area (Å²) in [5, 5.41) is 3.25. The predicted molar refractivity (Wildman–Crippen MR) is 67.1 cm³/mol. The van der Waals surface area contributed by atoms with Gasteiger partial charge in [0.2, 0.25) is 5.88 Å². The fourth-order valence-electron chi connectivity index (χ4n) is 1.51. The number of pyridine rings is 1. The van der Waals surface area contributed by atoms with Crippen LogP contribution in [0.5, 0.6) is 5.88 Å². The molecule has 0 aliphatic rings. The maximum atomic E-state index is 12.0. The third kappa shape index (κ3) is 6.42. The van der Waals surface area contributed by atoms with E-state index in [-0.39, 0.29) is 5.88 Å². The zero-order chi connectivity index (χ0) is 14.3. The number of nitrogens with zero attached hydrogens (tertiary/aromatic N) is 1. The van der Waals surface area contributed by atoms with Gasteiger partial charge in [0, 0.05) is 18.3 Å². The zero-order valence-electron chi connectivity index (χ0n) is 11.2. The molecule has 0 aliphatic carbocycles. The number of nitrogens with one attached hydrogen (secondary N) is 1. The molecule has 1 heterocycles. The van der Waals surface area contributed by atoms with Gasteiger partial charge in [0.15, 0.2) is 0 Å². The van der Waals surface area contributed by atoms with Crippen LogP contribution in [-0.4, -0.2) is 24.3 Å². The fraction of sp³-hybridized carbons (Fsp3) is 0.615. The lowest BCUT2D eigenvalue weighted by Crippen LogP contribution is -2.16. The van der Waals surface area contributed by atoms with Gasteiger partial charge in [-0.25, -0.2) is 4.98 Å². The number of ether oxygens (including phenoxy) is 1. The highest BCUT2D eigenvalue weighted by molar-refractivity contribution is 5.24. The van der Waals surface area contributed by atoms with Crippen molar-refractivity contribution in [2.24, 2.45) is 0 Å². The van der Waals surface area contributed by atoms with Crippen molar-refractivity contribution in [1.29, 1.82) is 0 Å². The van der Waals surface area contributed by atoms with E-state index in [2.05, 4.69) is 17.2 Å². The molecule has 0 radical (unpaired) electrons. The van der Waals surface area contributed by atoms with E-state index in [0.717, 1.165) is 24.2 Å². The normalized spacial score (nSPS) is 11.6. The van der Waals surface area contributed by atoms with Crippen molar-refractivity contribution >= 4 is 0 Å². The molecule has 0 atom stereocenters. The molecule has 1 N–H and O–H groups in total. The topological polar surface area (TPSA) is 34.1 Å². The van der Waals surface area contributed by atoms with Gasteiger partial charge in [-0.3, -0.25) is 0 Å². The van der Waals surface area contributed by atoms with Gasteiger partial charge in [-0.1, -0.05) is 13.0 Å². The van der Waals surface area contributed by atoms with E-state index >= 15 is 0 Å². The van der Waals surface area contributed by atoms with Crippen LogP contribution in [0.1, 0.15) is 31.0 Å². The van der Waals surface area contributed by atoms with Crippen LogP contribution in [0.2, 0.25) is 0 Å². The minimum absolute atomic E-state index is 0.237. The Morgan fingerprint density at radius 2 is 2.05 bits per heavy atom. The number of hydrogen-bond acceptors (Lipinski definition) is 3. The van der Waals surface area contributed by atoms with Gasteiger partial charge < -0.3 is 10.1 Å². The van der Waals surface area contributed by atoms with Gasteiger partial charge in [0.25, 0.3) is 0 Å². The van der Waals surface area contributed by atoms with Crippen molar-refractivity contribution in [3.05, 3.63) is 23.4 Å². The van der Waals surface area contributed by atoms with E-state index in [1.807, 2.05) is 13.0 Å². The first-order valence-electron chi connectivity index (χ1n) is 6.29. The van der Waals surface area contributed by atoms with Crippen molar-refractivity contribution in [2.75, 3.05) is 13.2 Å². The SMILES string of the molecule is CCCNCc1ccc(OCCC(F)(F)F)nc1C. The van der Waals surface area contributed by atoms with Crippen LogP contribution in [0.3, 0.4) is 0 Å². The minimum Gasteiger partial charge on any atom is -0.477 e. The molecule has 19 heavy (non-hydrogen) atoms. The van der Waals surface area contributed by atoms with E-state index in [1.54, 1.807) is 6.07 Å². The molecule has 0 amide bonds. The van der Waals surface area contributed by atoms with Gasteiger partial charge in [-0.15, -0.1) is 0 Å². The first-order chi connectivity index (χ1) is 8.92. The maximum Gasteiger partial charge on any atom is 0.392 e. The Morgan fingerprint density at radius 3 is 2.63 bits per heavy atom. The Kier molecular flexibility index (Phi) is 6.08. The number of aromatic nitrogens is 1. The molecule has 1 rings (SSSR count). The standard InChI is InChI=1S/C13H19F3N2O/c1-3-7-17-9-11-4-5-12(18-10(11)2)19-8-6-13(14,15)16/h4-5,17H,3,6-9H2,1-2H3. The summed E-state index contributed by atoms with van der Waals surface area (Å²) in [7, 11) is 0. The minimum atomic E-state index is -4.20. The summed E-state index contributed by atoms with van der Waals surface area (Å²) in [6.45, 7) is 5.12. The Bertz CT molecular complexity index is 394. The molecule has 0 saturated heterocycles. The average Bonchev–Trinajstić information content (AvgIpc) is 2.30. The van der Waals surface area contributed by atoms with Crippen LogP contribution in [0.25, 0.3) is 0 Å². The van der Waals surface area contributed by atoms with Crippen LogP contribution in [0.4, 0.5) is 13.2 Å². The molecule has 0 saturated carbocycles. The summed E-state index contributed by atoms with van der Waals surface area (Å²) in [4.78, 5) is 4.14. The summed E-state index contributed by atoms with van der Waals surface area (Å²) in [5.74, 6) is 0.237. The first kappa shape index (κ1) is 15.8. The van der Waals surface area contributed by atoms with E-state index in [4.69, 9.17) is 4.74 Å². The van der Waals surface area contributed by atoms with Crippen LogP contribution < -0.4 is 10.1 Å². The van der Waals surface area contributed by atoms with Crippen molar-refractivity contribution in [3.8, 4) is 5.88 Å². The van der Waals surface area contributed by atoms with Gasteiger partial charge in [0.1, 0.15) is 0 Å². The maximum absolute atomic E-state index is 12.0. The van der Waals surface area contributed by atoms with Gasteiger partial charge in [0.05, 0.1) is 13.0 Å². The molecule has 0 fully saturated rings.